The zero-order valence-electron chi connectivity index (χ0n) is 36.2. The Labute approximate surface area is 369 Å². The predicted octanol–water partition coefficient (Wildman–Crippen LogP) is 4.63. The zero-order chi connectivity index (χ0) is 44.5. The van der Waals surface area contributed by atoms with Gasteiger partial charge in [0.2, 0.25) is 17.8 Å². The number of benzene rings is 2. The van der Waals surface area contributed by atoms with Crippen molar-refractivity contribution in [3.63, 3.8) is 0 Å². The summed E-state index contributed by atoms with van der Waals surface area (Å²) in [5, 5.41) is 16.1. The lowest BCUT2D eigenvalue weighted by atomic mass is 9.93. The van der Waals surface area contributed by atoms with Crippen LogP contribution in [0.2, 0.25) is 0 Å². The highest BCUT2D eigenvalue weighted by molar-refractivity contribution is 6.00. The largest absolute Gasteiger partial charge is 0.393 e. The van der Waals surface area contributed by atoms with E-state index in [-0.39, 0.29) is 48.8 Å². The Morgan fingerprint density at radius 1 is 0.891 bits per heavy atom. The number of rotatable bonds is 15. The molecule has 3 aliphatic heterocycles. The molecule has 3 N–H and O–H groups in total. The number of amides is 2. The number of anilines is 1. The number of carbonyl (C=O) groups excluding carboxylic acids is 2. The lowest BCUT2D eigenvalue weighted by Gasteiger charge is -2.40. The Morgan fingerprint density at radius 3 is 2.36 bits per heavy atom. The van der Waals surface area contributed by atoms with E-state index in [0.717, 1.165) is 106 Å². The molecule has 342 valence electrons. The van der Waals surface area contributed by atoms with E-state index in [4.69, 9.17) is 4.74 Å². The van der Waals surface area contributed by atoms with E-state index in [2.05, 4.69) is 70.3 Å². The van der Waals surface area contributed by atoms with Crippen LogP contribution in [-0.4, -0.2) is 139 Å². The van der Waals surface area contributed by atoms with Crippen LogP contribution in [0.1, 0.15) is 68.2 Å². The number of aromatic nitrogens is 5. The van der Waals surface area contributed by atoms with Crippen LogP contribution in [0.4, 0.5) is 19.1 Å². The topological polar surface area (TPSA) is 155 Å². The molecule has 2 aromatic carbocycles. The summed E-state index contributed by atoms with van der Waals surface area (Å²) >= 11 is 0. The predicted molar refractivity (Wildman–Crippen MR) is 236 cm³/mol. The third kappa shape index (κ3) is 9.90. The third-order valence-electron chi connectivity index (χ3n) is 13.5. The number of halogens is 3. The van der Waals surface area contributed by atoms with Gasteiger partial charge in [-0.05, 0) is 67.3 Å². The van der Waals surface area contributed by atoms with Crippen molar-refractivity contribution < 1.29 is 32.6 Å². The fourth-order valence-electron chi connectivity index (χ4n) is 9.73. The van der Waals surface area contributed by atoms with Crippen molar-refractivity contribution in [3.8, 4) is 11.1 Å². The molecule has 15 nitrogen and oxygen atoms in total. The van der Waals surface area contributed by atoms with Crippen molar-refractivity contribution in [2.75, 3.05) is 70.8 Å². The van der Waals surface area contributed by atoms with Crippen molar-refractivity contribution in [2.45, 2.75) is 88.4 Å². The van der Waals surface area contributed by atoms with Crippen molar-refractivity contribution in [3.05, 3.63) is 76.5 Å². The summed E-state index contributed by atoms with van der Waals surface area (Å²) in [5.41, 5.74) is 6.25. The van der Waals surface area contributed by atoms with Crippen molar-refractivity contribution >= 4 is 39.8 Å². The van der Waals surface area contributed by atoms with Crippen molar-refractivity contribution in [1.29, 1.82) is 0 Å². The quantitative estimate of drug-likeness (QED) is 0.126. The van der Waals surface area contributed by atoms with Gasteiger partial charge < -0.3 is 19.7 Å². The van der Waals surface area contributed by atoms with E-state index in [1.165, 1.54) is 10.1 Å². The number of piperidine rings is 1. The van der Waals surface area contributed by atoms with Crippen LogP contribution in [0.25, 0.3) is 33.2 Å². The first-order chi connectivity index (χ1) is 30.8. The van der Waals surface area contributed by atoms with Gasteiger partial charge in [-0.1, -0.05) is 30.3 Å². The molecule has 18 heteroatoms. The molecular weight excluding hydrogens is 830 g/mol. The Balaban J connectivity index is 0.710. The molecule has 9 rings (SSSR count). The van der Waals surface area contributed by atoms with Crippen LogP contribution >= 0.6 is 0 Å². The molecule has 64 heavy (non-hydrogen) atoms. The fraction of sp³-hybridized carbons (Fsp3) is 0.543. The Kier molecular flexibility index (Phi) is 12.9. The van der Waals surface area contributed by atoms with Gasteiger partial charge in [-0.3, -0.25) is 38.7 Å². The van der Waals surface area contributed by atoms with Crippen LogP contribution in [0.15, 0.2) is 59.7 Å². The highest BCUT2D eigenvalue weighted by Gasteiger charge is 2.32. The SMILES string of the molecule is Cn1c(=O)n([C@H]2CCC(=O)NC2=O)c2ccc(CCN3CC(OCCN4CCN(Cc5ccc(-c6cn([C@H]7CC[C@H](O)CC7)c7nc(NCCC(F)(F)F)ncc67)cc5)CC4)C3)cc21. The lowest BCUT2D eigenvalue weighted by Crippen LogP contribution is -2.53. The Bertz CT molecular complexity index is 2520. The van der Waals surface area contributed by atoms with E-state index >= 15 is 0 Å². The summed E-state index contributed by atoms with van der Waals surface area (Å²) in [6.07, 6.45) is 2.83. The summed E-state index contributed by atoms with van der Waals surface area (Å²) in [7, 11) is 1.72. The van der Waals surface area contributed by atoms with Gasteiger partial charge >= 0.3 is 11.9 Å². The first-order valence-electron chi connectivity index (χ1n) is 22.6. The number of imidazole rings is 1. The first-order valence-corrected chi connectivity index (χ1v) is 22.6. The number of piperazine rings is 1. The number of aryl methyl sites for hydroxylation is 1. The molecular formula is C46H57F3N10O5. The fourth-order valence-corrected chi connectivity index (χ4v) is 9.73. The number of hydrogen-bond acceptors (Lipinski definition) is 11. The molecule has 4 aliphatic rings. The molecule has 0 bridgehead atoms. The number of nitrogens with one attached hydrogen (secondary N) is 2. The van der Waals surface area contributed by atoms with E-state index < -0.39 is 24.5 Å². The molecule has 1 saturated carbocycles. The van der Waals surface area contributed by atoms with Gasteiger partial charge in [0.05, 0.1) is 36.3 Å². The number of alkyl halides is 3. The number of likely N-dealkylation sites (tertiary alicyclic amines) is 1. The minimum absolute atomic E-state index is 0.133. The van der Waals surface area contributed by atoms with E-state index in [1.807, 2.05) is 18.2 Å². The van der Waals surface area contributed by atoms with Gasteiger partial charge in [0, 0.05) is 108 Å². The minimum atomic E-state index is -4.26. The smallest absolute Gasteiger partial charge is 0.390 e. The number of fused-ring (bicyclic) bond motifs is 2. The first kappa shape index (κ1) is 44.1. The zero-order valence-corrected chi connectivity index (χ0v) is 36.2. The average Bonchev–Trinajstić information content (AvgIpc) is 3.75. The molecule has 1 atom stereocenters. The van der Waals surface area contributed by atoms with Gasteiger partial charge in [0.15, 0.2) is 0 Å². The molecule has 5 aromatic rings. The molecule has 4 fully saturated rings. The van der Waals surface area contributed by atoms with Gasteiger partial charge in [0.1, 0.15) is 11.7 Å². The molecule has 3 saturated heterocycles. The number of aliphatic hydroxyl groups is 1. The maximum Gasteiger partial charge on any atom is 0.390 e. The van der Waals surface area contributed by atoms with Gasteiger partial charge in [0.25, 0.3) is 0 Å². The van der Waals surface area contributed by atoms with Crippen LogP contribution in [0.3, 0.4) is 0 Å². The second-order valence-electron chi connectivity index (χ2n) is 18.0. The average molecular weight is 887 g/mol. The molecule has 0 spiro atoms. The highest BCUT2D eigenvalue weighted by Crippen LogP contribution is 2.37. The van der Waals surface area contributed by atoms with Crippen LogP contribution < -0.4 is 16.3 Å². The molecule has 6 heterocycles. The minimum Gasteiger partial charge on any atom is -0.393 e. The monoisotopic (exact) mass is 886 g/mol. The molecule has 0 radical (unpaired) electrons. The molecule has 3 aromatic heterocycles. The van der Waals surface area contributed by atoms with Gasteiger partial charge in [-0.25, -0.2) is 9.78 Å². The van der Waals surface area contributed by atoms with Crippen LogP contribution in [0.5, 0.6) is 0 Å². The number of carbonyl (C=O) groups is 2. The van der Waals surface area contributed by atoms with Crippen molar-refractivity contribution in [1.82, 2.24) is 43.7 Å². The number of hydrogen-bond donors (Lipinski definition) is 3. The molecule has 1 aliphatic carbocycles. The number of imide groups is 1. The molecule has 0 unspecified atom stereocenters. The van der Waals surface area contributed by atoms with E-state index in [0.29, 0.717) is 37.0 Å². The summed E-state index contributed by atoms with van der Waals surface area (Å²) in [4.78, 5) is 53.7. The summed E-state index contributed by atoms with van der Waals surface area (Å²) in [5.74, 6) is -0.562. The third-order valence-corrected chi connectivity index (χ3v) is 13.5. The van der Waals surface area contributed by atoms with Gasteiger partial charge in [-0.2, -0.15) is 18.2 Å². The number of aliphatic hydroxyl groups excluding tert-OH is 1. The Morgan fingerprint density at radius 2 is 1.62 bits per heavy atom. The maximum atomic E-state index is 13.1. The highest BCUT2D eigenvalue weighted by atomic mass is 19.4. The van der Waals surface area contributed by atoms with Crippen molar-refractivity contribution in [2.24, 2.45) is 7.05 Å². The Hall–Kier alpha value is -5.14. The normalized spacial score (nSPS) is 22.0. The summed E-state index contributed by atoms with van der Waals surface area (Å²) in [6, 6.07) is 14.0. The van der Waals surface area contributed by atoms with Crippen LogP contribution in [-0.2, 0) is 34.3 Å². The molecule has 2 amide bonds. The summed E-state index contributed by atoms with van der Waals surface area (Å²) in [6.45, 7) is 8.75. The summed E-state index contributed by atoms with van der Waals surface area (Å²) < 4.78 is 49.8. The van der Waals surface area contributed by atoms with Gasteiger partial charge in [-0.15, -0.1) is 0 Å². The van der Waals surface area contributed by atoms with Crippen LogP contribution in [0, 0.1) is 0 Å². The second-order valence-corrected chi connectivity index (χ2v) is 18.0. The lowest BCUT2D eigenvalue weighted by molar-refractivity contribution is -0.136. The van der Waals surface area contributed by atoms with E-state index in [9.17, 15) is 32.7 Å². The van der Waals surface area contributed by atoms with E-state index in [1.54, 1.807) is 17.8 Å². The number of ether oxygens (including phenoxy) is 1. The standard InChI is InChI=1S/C46H57F3N10O5/c1-54-40-24-30(4-11-38(40)59(45(54)63)39-12-13-41(61)52-43(39)62)14-17-57-27-35(28-57)64-23-22-55-18-20-56(21-19-55)26-31-2-5-32(6-3-31)37-29-58(33-7-9-34(60)10-8-33)42-36(37)25-51-44(53-42)50-16-15-46(47,48)49/h2-6,11,24-25,29,33-35,39,60H,7-10,12-23,26-28H2,1H3,(H,50,51,53)(H,52,61,62)/t33-,34-,39-/m0/s1. The number of nitrogens with zero attached hydrogens (tertiary/aromatic N) is 8. The maximum absolute atomic E-state index is 13.1. The second kappa shape index (κ2) is 18.8.